The Morgan fingerprint density at radius 1 is 1.64 bits per heavy atom. The molecule has 4 heteroatoms. The second kappa shape index (κ2) is 4.00. The summed E-state index contributed by atoms with van der Waals surface area (Å²) >= 11 is 1.55. The van der Waals surface area contributed by atoms with Gasteiger partial charge in [-0.1, -0.05) is 0 Å². The molecule has 1 aromatic rings. The summed E-state index contributed by atoms with van der Waals surface area (Å²) in [6.45, 7) is 0. The molecule has 1 aromatic heterocycles. The van der Waals surface area contributed by atoms with Gasteiger partial charge in [-0.2, -0.15) is 0 Å². The molecule has 1 fully saturated rings. The van der Waals surface area contributed by atoms with Gasteiger partial charge in [-0.15, -0.1) is 11.8 Å². The van der Waals surface area contributed by atoms with Crippen molar-refractivity contribution in [3.05, 3.63) is 23.9 Å². The van der Waals surface area contributed by atoms with Crippen LogP contribution >= 0.6 is 11.8 Å². The molecule has 0 unspecified atom stereocenters. The molecule has 0 amide bonds. The Labute approximate surface area is 86.5 Å². The Kier molecular flexibility index (Phi) is 2.72. The minimum atomic E-state index is -0.892. The van der Waals surface area contributed by atoms with Gasteiger partial charge in [0.25, 0.3) is 0 Å². The molecule has 1 N–H and O–H groups in total. The zero-order chi connectivity index (χ0) is 9.97. The van der Waals surface area contributed by atoms with Crippen molar-refractivity contribution >= 4 is 17.7 Å². The highest BCUT2D eigenvalue weighted by molar-refractivity contribution is 7.99. The Hall–Kier alpha value is -1.03. The predicted molar refractivity (Wildman–Crippen MR) is 54.6 cm³/mol. The summed E-state index contributed by atoms with van der Waals surface area (Å²) in [5, 5.41) is 9.54. The molecular weight excluding hydrogens is 198 g/mol. The Morgan fingerprint density at radius 3 is 3.07 bits per heavy atom. The van der Waals surface area contributed by atoms with Gasteiger partial charge in [0.2, 0.25) is 0 Å². The quantitative estimate of drug-likeness (QED) is 0.773. The molecule has 14 heavy (non-hydrogen) atoms. The zero-order valence-electron chi connectivity index (χ0n) is 7.64. The molecule has 2 rings (SSSR count). The molecule has 0 atom stereocenters. The first-order valence-electron chi connectivity index (χ1n) is 4.58. The van der Waals surface area contributed by atoms with E-state index in [0.29, 0.717) is 10.6 Å². The van der Waals surface area contributed by atoms with Crippen LogP contribution < -0.4 is 0 Å². The smallest absolute Gasteiger partial charge is 0.338 e. The highest BCUT2D eigenvalue weighted by Crippen LogP contribution is 2.35. The maximum Gasteiger partial charge on any atom is 0.338 e. The van der Waals surface area contributed by atoms with Crippen molar-refractivity contribution in [3.8, 4) is 0 Å². The van der Waals surface area contributed by atoms with Crippen molar-refractivity contribution in [1.29, 1.82) is 0 Å². The van der Waals surface area contributed by atoms with Gasteiger partial charge in [-0.05, 0) is 30.9 Å². The van der Waals surface area contributed by atoms with Crippen LogP contribution in [0.15, 0.2) is 23.4 Å². The fraction of sp³-hybridized carbons (Fsp3) is 0.400. The van der Waals surface area contributed by atoms with Gasteiger partial charge >= 0.3 is 5.97 Å². The molecular formula is C10H11NO2S. The van der Waals surface area contributed by atoms with E-state index in [1.807, 2.05) is 0 Å². The van der Waals surface area contributed by atoms with Crippen LogP contribution in [0.4, 0.5) is 0 Å². The van der Waals surface area contributed by atoms with Crippen molar-refractivity contribution in [3.63, 3.8) is 0 Å². The second-order valence-electron chi connectivity index (χ2n) is 3.42. The Morgan fingerprint density at radius 2 is 2.43 bits per heavy atom. The average Bonchev–Trinajstić information content (AvgIpc) is 2.98. The van der Waals surface area contributed by atoms with E-state index < -0.39 is 5.97 Å². The maximum absolute atomic E-state index is 10.8. The van der Waals surface area contributed by atoms with Crippen LogP contribution in [0, 0.1) is 5.92 Å². The predicted octanol–water partition coefficient (Wildman–Crippen LogP) is 2.28. The number of pyridine rings is 1. The molecule has 1 heterocycles. The molecule has 1 aliphatic carbocycles. The van der Waals surface area contributed by atoms with E-state index in [0.717, 1.165) is 11.7 Å². The van der Waals surface area contributed by atoms with Crippen molar-refractivity contribution in [2.45, 2.75) is 17.9 Å². The van der Waals surface area contributed by atoms with Crippen LogP contribution in [0.5, 0.6) is 0 Å². The van der Waals surface area contributed by atoms with Crippen molar-refractivity contribution in [2.75, 3.05) is 5.75 Å². The summed E-state index contributed by atoms with van der Waals surface area (Å²) in [6, 6.07) is 3.26. The van der Waals surface area contributed by atoms with Crippen LogP contribution in [0.1, 0.15) is 23.2 Å². The van der Waals surface area contributed by atoms with E-state index in [4.69, 9.17) is 5.11 Å². The van der Waals surface area contributed by atoms with E-state index in [2.05, 4.69) is 4.98 Å². The van der Waals surface area contributed by atoms with Crippen LogP contribution in [0.25, 0.3) is 0 Å². The zero-order valence-corrected chi connectivity index (χ0v) is 8.46. The standard InChI is InChI=1S/C10H11NO2S/c12-10(13)8-2-1-5-11-9(8)14-6-7-3-4-7/h1-2,5,7H,3-4,6H2,(H,12,13). The lowest BCUT2D eigenvalue weighted by Crippen LogP contribution is -2.00. The topological polar surface area (TPSA) is 50.2 Å². The number of hydrogen-bond acceptors (Lipinski definition) is 3. The summed E-state index contributed by atoms with van der Waals surface area (Å²) in [6.07, 6.45) is 4.20. The molecule has 0 saturated heterocycles. The third kappa shape index (κ3) is 2.26. The summed E-state index contributed by atoms with van der Waals surface area (Å²) in [4.78, 5) is 14.9. The van der Waals surface area contributed by atoms with Gasteiger partial charge in [0, 0.05) is 11.9 Å². The lowest BCUT2D eigenvalue weighted by atomic mass is 10.3. The number of carbonyl (C=O) groups is 1. The summed E-state index contributed by atoms with van der Waals surface area (Å²) < 4.78 is 0. The number of rotatable bonds is 4. The summed E-state index contributed by atoms with van der Waals surface area (Å²) in [5.41, 5.74) is 0.318. The molecule has 0 bridgehead atoms. The van der Waals surface area contributed by atoms with Crippen LogP contribution in [-0.4, -0.2) is 21.8 Å². The SMILES string of the molecule is O=C(O)c1cccnc1SCC1CC1. The normalized spacial score (nSPS) is 15.4. The minimum Gasteiger partial charge on any atom is -0.478 e. The summed E-state index contributed by atoms with van der Waals surface area (Å²) in [5.74, 6) is 0.886. The fourth-order valence-corrected chi connectivity index (χ4v) is 2.32. The number of carboxylic acid groups (broad SMARTS) is 1. The van der Waals surface area contributed by atoms with Crippen LogP contribution in [0.2, 0.25) is 0 Å². The molecule has 0 aromatic carbocycles. The molecule has 74 valence electrons. The van der Waals surface area contributed by atoms with Crippen LogP contribution in [-0.2, 0) is 0 Å². The van der Waals surface area contributed by atoms with Crippen molar-refractivity contribution < 1.29 is 9.90 Å². The number of aromatic nitrogens is 1. The second-order valence-corrected chi connectivity index (χ2v) is 4.42. The molecule has 0 aliphatic heterocycles. The maximum atomic E-state index is 10.8. The van der Waals surface area contributed by atoms with E-state index in [1.165, 1.54) is 12.8 Å². The number of aromatic carboxylic acids is 1. The van der Waals surface area contributed by atoms with E-state index in [-0.39, 0.29) is 0 Å². The highest BCUT2D eigenvalue weighted by atomic mass is 32.2. The molecule has 1 aliphatic rings. The largest absolute Gasteiger partial charge is 0.478 e. The first kappa shape index (κ1) is 9.52. The molecule has 3 nitrogen and oxygen atoms in total. The number of hydrogen-bond donors (Lipinski definition) is 1. The molecule has 0 radical (unpaired) electrons. The molecule has 0 spiro atoms. The highest BCUT2D eigenvalue weighted by Gasteiger charge is 2.22. The van der Waals surface area contributed by atoms with Gasteiger partial charge in [-0.3, -0.25) is 0 Å². The first-order chi connectivity index (χ1) is 6.77. The third-order valence-corrected chi connectivity index (χ3v) is 3.39. The van der Waals surface area contributed by atoms with Gasteiger partial charge in [0.05, 0.1) is 5.56 Å². The summed E-state index contributed by atoms with van der Waals surface area (Å²) in [7, 11) is 0. The van der Waals surface area contributed by atoms with E-state index >= 15 is 0 Å². The Balaban J connectivity index is 2.09. The molecule has 1 saturated carbocycles. The van der Waals surface area contributed by atoms with E-state index in [9.17, 15) is 4.79 Å². The monoisotopic (exact) mass is 209 g/mol. The average molecular weight is 209 g/mol. The van der Waals surface area contributed by atoms with Crippen LogP contribution in [0.3, 0.4) is 0 Å². The fourth-order valence-electron chi connectivity index (χ4n) is 1.15. The van der Waals surface area contributed by atoms with Crippen molar-refractivity contribution in [2.24, 2.45) is 5.92 Å². The third-order valence-electron chi connectivity index (χ3n) is 2.15. The lowest BCUT2D eigenvalue weighted by Gasteiger charge is -2.02. The number of carboxylic acids is 1. The van der Waals surface area contributed by atoms with E-state index in [1.54, 1.807) is 30.1 Å². The Bertz CT molecular complexity index is 350. The van der Waals surface area contributed by atoms with Crippen molar-refractivity contribution in [1.82, 2.24) is 4.98 Å². The minimum absolute atomic E-state index is 0.318. The van der Waals surface area contributed by atoms with Gasteiger partial charge in [-0.25, -0.2) is 9.78 Å². The van der Waals surface area contributed by atoms with Gasteiger partial charge in [0.15, 0.2) is 0 Å². The van der Waals surface area contributed by atoms with Gasteiger partial charge < -0.3 is 5.11 Å². The number of thioether (sulfide) groups is 1. The van der Waals surface area contributed by atoms with Gasteiger partial charge in [0.1, 0.15) is 5.03 Å². The number of nitrogens with zero attached hydrogens (tertiary/aromatic N) is 1. The lowest BCUT2D eigenvalue weighted by molar-refractivity contribution is 0.0692. The first-order valence-corrected chi connectivity index (χ1v) is 5.57.